The number of nitrogens with zero attached hydrogens (tertiary/aromatic N) is 3. The van der Waals surface area contributed by atoms with Gasteiger partial charge in [-0.25, -0.2) is 8.42 Å². The van der Waals surface area contributed by atoms with Crippen molar-refractivity contribution >= 4 is 27.5 Å². The Balaban J connectivity index is 1.76. The molecule has 9 heteroatoms. The summed E-state index contributed by atoms with van der Waals surface area (Å²) in [4.78, 5) is 28.6. The molecule has 0 aliphatic carbocycles. The maximum atomic E-state index is 13.2. The first-order valence-corrected chi connectivity index (χ1v) is 12.0. The monoisotopic (exact) mass is 459 g/mol. The van der Waals surface area contributed by atoms with Crippen molar-refractivity contribution < 1.29 is 22.7 Å². The second kappa shape index (κ2) is 10.1. The first kappa shape index (κ1) is 23.7. The van der Waals surface area contributed by atoms with E-state index in [2.05, 4.69) is 0 Å². The number of hydrogen-bond acceptors (Lipinski definition) is 5. The van der Waals surface area contributed by atoms with Gasteiger partial charge in [0.25, 0.3) is 0 Å². The lowest BCUT2D eigenvalue weighted by molar-refractivity contribution is -0.131. The van der Waals surface area contributed by atoms with Gasteiger partial charge in [0.15, 0.2) is 0 Å². The molecule has 0 radical (unpaired) electrons. The van der Waals surface area contributed by atoms with Crippen LogP contribution in [0.25, 0.3) is 0 Å². The van der Waals surface area contributed by atoms with Crippen molar-refractivity contribution in [3.05, 3.63) is 54.1 Å². The number of aryl methyl sites for hydroxylation is 1. The molecule has 0 atom stereocenters. The molecular weight excluding hydrogens is 430 g/mol. The molecule has 0 N–H and O–H groups in total. The third kappa shape index (κ3) is 5.28. The predicted molar refractivity (Wildman–Crippen MR) is 122 cm³/mol. The maximum Gasteiger partial charge on any atom is 0.248 e. The quantitative estimate of drug-likeness (QED) is 0.575. The molecule has 32 heavy (non-hydrogen) atoms. The van der Waals surface area contributed by atoms with Gasteiger partial charge in [-0.15, -0.1) is 0 Å². The summed E-state index contributed by atoms with van der Waals surface area (Å²) in [5, 5.41) is 0. The van der Waals surface area contributed by atoms with E-state index in [0.29, 0.717) is 12.2 Å². The maximum absolute atomic E-state index is 13.2. The van der Waals surface area contributed by atoms with E-state index in [1.54, 1.807) is 17.0 Å². The molecule has 1 heterocycles. The number of benzene rings is 2. The number of hydrogen-bond donors (Lipinski definition) is 0. The topological polar surface area (TPSA) is 87.2 Å². The predicted octanol–water partition coefficient (Wildman–Crippen LogP) is 2.63. The average molecular weight is 460 g/mol. The van der Waals surface area contributed by atoms with Crippen LogP contribution in [0.5, 0.6) is 5.75 Å². The number of ether oxygens (including phenoxy) is 1. The van der Waals surface area contributed by atoms with Gasteiger partial charge in [0.2, 0.25) is 21.8 Å². The third-order valence-electron chi connectivity index (χ3n) is 5.38. The zero-order valence-corrected chi connectivity index (χ0v) is 19.5. The normalized spacial score (nSPS) is 14.3. The van der Waals surface area contributed by atoms with Crippen molar-refractivity contribution in [1.29, 1.82) is 0 Å². The van der Waals surface area contributed by atoms with Crippen LogP contribution in [0.2, 0.25) is 0 Å². The lowest BCUT2D eigenvalue weighted by Gasteiger charge is -2.24. The first-order chi connectivity index (χ1) is 15.3. The molecule has 0 bridgehead atoms. The summed E-state index contributed by atoms with van der Waals surface area (Å²) in [6.07, 6.45) is 1.41. The summed E-state index contributed by atoms with van der Waals surface area (Å²) < 4.78 is 32.7. The van der Waals surface area contributed by atoms with E-state index in [9.17, 15) is 18.0 Å². The number of anilines is 1. The van der Waals surface area contributed by atoms with E-state index in [0.717, 1.165) is 17.7 Å². The Hall–Kier alpha value is -2.91. The number of amides is 2. The standard InChI is InChI=1S/C23H29N3O5S/c1-4-5-13-25(32(29,30)21-11-9-20(31-3)10-12-21)16-22(27)24-15-23(28)26(17-24)19-8-6-7-18(2)14-19/h6-12,14H,4-5,13,15-17H2,1-3H3. The Morgan fingerprint density at radius 2 is 1.88 bits per heavy atom. The molecule has 8 nitrogen and oxygen atoms in total. The van der Waals surface area contributed by atoms with Crippen LogP contribution in [0.15, 0.2) is 53.4 Å². The van der Waals surface area contributed by atoms with E-state index in [1.807, 2.05) is 38.1 Å². The fourth-order valence-electron chi connectivity index (χ4n) is 3.50. The number of carbonyl (C=O) groups excluding carboxylic acids is 2. The molecule has 0 aromatic heterocycles. The van der Waals surface area contributed by atoms with Gasteiger partial charge in [-0.05, 0) is 55.3 Å². The molecule has 2 amide bonds. The average Bonchev–Trinajstić information content (AvgIpc) is 3.18. The van der Waals surface area contributed by atoms with Crippen LogP contribution in [0.4, 0.5) is 5.69 Å². The molecule has 1 aliphatic heterocycles. The molecule has 1 aliphatic rings. The SMILES string of the molecule is CCCCN(CC(=O)N1CC(=O)N(c2cccc(C)c2)C1)S(=O)(=O)c1ccc(OC)cc1. The van der Waals surface area contributed by atoms with Gasteiger partial charge in [-0.3, -0.25) is 14.5 Å². The zero-order valence-electron chi connectivity index (χ0n) is 18.7. The largest absolute Gasteiger partial charge is 0.497 e. The number of methoxy groups -OCH3 is 1. The fourth-order valence-corrected chi connectivity index (χ4v) is 4.93. The molecule has 1 saturated heterocycles. The summed E-state index contributed by atoms with van der Waals surface area (Å²) in [6, 6.07) is 13.6. The molecule has 2 aromatic carbocycles. The highest BCUT2D eigenvalue weighted by Gasteiger charge is 2.34. The summed E-state index contributed by atoms with van der Waals surface area (Å²) in [5.74, 6) is -0.0456. The first-order valence-electron chi connectivity index (χ1n) is 10.5. The summed E-state index contributed by atoms with van der Waals surface area (Å²) in [7, 11) is -2.37. The van der Waals surface area contributed by atoms with Crippen LogP contribution in [0, 0.1) is 6.92 Å². The molecule has 3 rings (SSSR count). The smallest absolute Gasteiger partial charge is 0.248 e. The highest BCUT2D eigenvalue weighted by atomic mass is 32.2. The van der Waals surface area contributed by atoms with Crippen LogP contribution in [0.3, 0.4) is 0 Å². The molecule has 172 valence electrons. The van der Waals surface area contributed by atoms with E-state index in [4.69, 9.17) is 4.74 Å². The number of rotatable bonds is 9. The minimum absolute atomic E-state index is 0.0724. The molecule has 0 saturated carbocycles. The van der Waals surface area contributed by atoms with Crippen LogP contribution < -0.4 is 9.64 Å². The molecule has 1 fully saturated rings. The lowest BCUT2D eigenvalue weighted by Crippen LogP contribution is -2.43. The number of unbranched alkanes of at least 4 members (excludes halogenated alkanes) is 1. The number of sulfonamides is 1. The minimum atomic E-state index is -3.88. The van der Waals surface area contributed by atoms with Crippen LogP contribution >= 0.6 is 0 Å². The Kier molecular flexibility index (Phi) is 7.52. The fraction of sp³-hybridized carbons (Fsp3) is 0.391. The Bertz CT molecular complexity index is 1070. The van der Waals surface area contributed by atoms with Crippen molar-refractivity contribution in [2.75, 3.05) is 38.3 Å². The molecule has 2 aromatic rings. The molecular formula is C23H29N3O5S. The van der Waals surface area contributed by atoms with Crippen molar-refractivity contribution in [2.45, 2.75) is 31.6 Å². The van der Waals surface area contributed by atoms with Crippen LogP contribution in [-0.2, 0) is 19.6 Å². The van der Waals surface area contributed by atoms with Crippen LogP contribution in [-0.4, -0.2) is 62.9 Å². The zero-order chi connectivity index (χ0) is 23.3. The Morgan fingerprint density at radius 1 is 1.16 bits per heavy atom. The van der Waals surface area contributed by atoms with Gasteiger partial charge in [-0.1, -0.05) is 25.5 Å². The summed E-state index contributed by atoms with van der Waals surface area (Å²) in [5.41, 5.74) is 1.73. The third-order valence-corrected chi connectivity index (χ3v) is 7.23. The molecule has 0 spiro atoms. The minimum Gasteiger partial charge on any atom is -0.497 e. The van der Waals surface area contributed by atoms with E-state index in [-0.39, 0.29) is 37.1 Å². The highest BCUT2D eigenvalue weighted by molar-refractivity contribution is 7.89. The van der Waals surface area contributed by atoms with Gasteiger partial charge in [-0.2, -0.15) is 4.31 Å². The number of carbonyl (C=O) groups is 2. The van der Waals surface area contributed by atoms with E-state index >= 15 is 0 Å². The molecule has 0 unspecified atom stereocenters. The van der Waals surface area contributed by atoms with Gasteiger partial charge < -0.3 is 9.64 Å². The van der Waals surface area contributed by atoms with Crippen molar-refractivity contribution in [1.82, 2.24) is 9.21 Å². The van der Waals surface area contributed by atoms with Crippen molar-refractivity contribution in [2.24, 2.45) is 0 Å². The van der Waals surface area contributed by atoms with Crippen LogP contribution in [0.1, 0.15) is 25.3 Å². The van der Waals surface area contributed by atoms with Gasteiger partial charge in [0, 0.05) is 12.2 Å². The Morgan fingerprint density at radius 3 is 2.50 bits per heavy atom. The van der Waals surface area contributed by atoms with Gasteiger partial charge >= 0.3 is 0 Å². The highest BCUT2D eigenvalue weighted by Crippen LogP contribution is 2.23. The summed E-state index contributed by atoms with van der Waals surface area (Å²) in [6.45, 7) is 3.83. The lowest BCUT2D eigenvalue weighted by atomic mass is 10.2. The second-order valence-corrected chi connectivity index (χ2v) is 9.70. The van der Waals surface area contributed by atoms with Crippen molar-refractivity contribution in [3.63, 3.8) is 0 Å². The van der Waals surface area contributed by atoms with Crippen molar-refractivity contribution in [3.8, 4) is 5.75 Å². The summed E-state index contributed by atoms with van der Waals surface area (Å²) >= 11 is 0. The van der Waals surface area contributed by atoms with Gasteiger partial charge in [0.1, 0.15) is 19.0 Å². The second-order valence-electron chi connectivity index (χ2n) is 7.76. The Labute approximate surface area is 189 Å². The van der Waals surface area contributed by atoms with E-state index < -0.39 is 15.9 Å². The van der Waals surface area contributed by atoms with Gasteiger partial charge in [0.05, 0.1) is 18.6 Å². The van der Waals surface area contributed by atoms with E-state index in [1.165, 1.54) is 28.4 Å².